The highest BCUT2D eigenvalue weighted by Gasteiger charge is 2.23. The van der Waals surface area contributed by atoms with Gasteiger partial charge in [0.05, 0.1) is 12.9 Å². The molecule has 0 bridgehead atoms. The monoisotopic (exact) mass is 354 g/mol. The van der Waals surface area contributed by atoms with Gasteiger partial charge in [0.15, 0.2) is 0 Å². The zero-order valence-electron chi connectivity index (χ0n) is 15.1. The van der Waals surface area contributed by atoms with Gasteiger partial charge in [-0.15, -0.1) is 0 Å². The summed E-state index contributed by atoms with van der Waals surface area (Å²) >= 11 is 0. The van der Waals surface area contributed by atoms with Gasteiger partial charge in [-0.25, -0.2) is 4.98 Å². The molecule has 0 N–H and O–H groups in total. The number of nitrogens with zero attached hydrogens (tertiary/aromatic N) is 4. The minimum atomic E-state index is 0.133. The summed E-state index contributed by atoms with van der Waals surface area (Å²) in [5.74, 6) is 0.793. The van der Waals surface area contributed by atoms with Crippen molar-refractivity contribution in [3.8, 4) is 5.69 Å². The summed E-state index contributed by atoms with van der Waals surface area (Å²) in [5, 5.41) is 0. The fourth-order valence-corrected chi connectivity index (χ4v) is 3.82. The van der Waals surface area contributed by atoms with Gasteiger partial charge in [-0.3, -0.25) is 4.79 Å². The van der Waals surface area contributed by atoms with E-state index in [1.165, 1.54) is 6.42 Å². The van der Waals surface area contributed by atoms with Crippen molar-refractivity contribution in [1.82, 2.24) is 19.4 Å². The van der Waals surface area contributed by atoms with Crippen LogP contribution in [-0.2, 0) is 4.74 Å². The van der Waals surface area contributed by atoms with Crippen LogP contribution in [0.4, 0.5) is 0 Å². The molecular formula is C20H26N4O2. The van der Waals surface area contributed by atoms with Crippen molar-refractivity contribution in [2.45, 2.75) is 12.8 Å². The third-order valence-corrected chi connectivity index (χ3v) is 5.33. The van der Waals surface area contributed by atoms with E-state index in [4.69, 9.17) is 4.74 Å². The molecule has 1 aromatic carbocycles. The van der Waals surface area contributed by atoms with Crippen molar-refractivity contribution in [2.75, 3.05) is 45.9 Å². The van der Waals surface area contributed by atoms with Crippen LogP contribution in [-0.4, -0.2) is 71.2 Å². The highest BCUT2D eigenvalue weighted by atomic mass is 16.5. The highest BCUT2D eigenvalue weighted by Crippen LogP contribution is 2.17. The molecule has 2 aliphatic heterocycles. The van der Waals surface area contributed by atoms with Crippen molar-refractivity contribution in [3.05, 3.63) is 48.5 Å². The first-order chi connectivity index (χ1) is 12.8. The van der Waals surface area contributed by atoms with E-state index in [1.54, 1.807) is 12.5 Å². The predicted molar refractivity (Wildman–Crippen MR) is 99.5 cm³/mol. The lowest BCUT2D eigenvalue weighted by molar-refractivity contribution is 0.0760. The van der Waals surface area contributed by atoms with E-state index in [0.29, 0.717) is 5.92 Å². The molecule has 2 saturated heterocycles. The Kier molecular flexibility index (Phi) is 5.32. The van der Waals surface area contributed by atoms with Crippen LogP contribution in [0, 0.1) is 5.92 Å². The molecule has 4 rings (SSSR count). The average Bonchev–Trinajstić information content (AvgIpc) is 3.33. The molecule has 1 aromatic heterocycles. The van der Waals surface area contributed by atoms with Gasteiger partial charge in [0.1, 0.15) is 0 Å². The Balaban J connectivity index is 1.35. The average molecular weight is 354 g/mol. The number of ether oxygens (including phenoxy) is 1. The largest absolute Gasteiger partial charge is 0.381 e. The maximum absolute atomic E-state index is 12.9. The molecule has 2 fully saturated rings. The molecule has 6 heteroatoms. The fraction of sp³-hybridized carbons (Fsp3) is 0.500. The molecule has 138 valence electrons. The van der Waals surface area contributed by atoms with E-state index in [2.05, 4.69) is 9.88 Å². The van der Waals surface area contributed by atoms with Gasteiger partial charge in [0.2, 0.25) is 0 Å². The Bertz CT molecular complexity index is 708. The molecule has 0 spiro atoms. The third-order valence-electron chi connectivity index (χ3n) is 5.33. The fourth-order valence-electron chi connectivity index (χ4n) is 3.82. The first-order valence-corrected chi connectivity index (χ1v) is 9.47. The van der Waals surface area contributed by atoms with Gasteiger partial charge in [0.25, 0.3) is 5.91 Å². The van der Waals surface area contributed by atoms with E-state index in [0.717, 1.165) is 63.6 Å². The van der Waals surface area contributed by atoms with E-state index >= 15 is 0 Å². The SMILES string of the molecule is O=C(c1ccc(-n2ccnc2)cc1)N1CCCN(CC2CCOC2)CC1. The Morgan fingerprint density at radius 3 is 2.77 bits per heavy atom. The quantitative estimate of drug-likeness (QED) is 0.843. The molecule has 1 atom stereocenters. The van der Waals surface area contributed by atoms with Crippen molar-refractivity contribution in [3.63, 3.8) is 0 Å². The number of benzene rings is 1. The van der Waals surface area contributed by atoms with E-state index in [1.807, 2.05) is 39.9 Å². The number of carbonyl (C=O) groups excluding carboxylic acids is 1. The van der Waals surface area contributed by atoms with Gasteiger partial charge in [-0.1, -0.05) is 0 Å². The summed E-state index contributed by atoms with van der Waals surface area (Å²) in [6, 6.07) is 7.77. The van der Waals surface area contributed by atoms with Crippen LogP contribution in [0.5, 0.6) is 0 Å². The molecule has 1 unspecified atom stereocenters. The minimum Gasteiger partial charge on any atom is -0.381 e. The number of hydrogen-bond donors (Lipinski definition) is 0. The van der Waals surface area contributed by atoms with Gasteiger partial charge in [0, 0.05) is 56.4 Å². The van der Waals surface area contributed by atoms with Crippen molar-refractivity contribution in [1.29, 1.82) is 0 Å². The van der Waals surface area contributed by atoms with Crippen LogP contribution < -0.4 is 0 Å². The molecule has 0 saturated carbocycles. The van der Waals surface area contributed by atoms with Crippen molar-refractivity contribution < 1.29 is 9.53 Å². The Hall–Kier alpha value is -2.18. The molecular weight excluding hydrogens is 328 g/mol. The molecule has 2 aromatic rings. The van der Waals surface area contributed by atoms with Crippen molar-refractivity contribution >= 4 is 5.91 Å². The number of imidazole rings is 1. The van der Waals surface area contributed by atoms with Gasteiger partial charge >= 0.3 is 0 Å². The second-order valence-corrected chi connectivity index (χ2v) is 7.19. The highest BCUT2D eigenvalue weighted by molar-refractivity contribution is 5.94. The molecule has 26 heavy (non-hydrogen) atoms. The summed E-state index contributed by atoms with van der Waals surface area (Å²) < 4.78 is 7.42. The molecule has 1 amide bonds. The smallest absolute Gasteiger partial charge is 0.253 e. The summed E-state index contributed by atoms with van der Waals surface area (Å²) in [4.78, 5) is 21.4. The van der Waals surface area contributed by atoms with Crippen LogP contribution in [0.2, 0.25) is 0 Å². The predicted octanol–water partition coefficient (Wildman–Crippen LogP) is 2.06. The lowest BCUT2D eigenvalue weighted by atomic mass is 10.1. The second-order valence-electron chi connectivity index (χ2n) is 7.19. The Labute approximate surface area is 154 Å². The van der Waals surface area contributed by atoms with Crippen molar-refractivity contribution in [2.24, 2.45) is 5.92 Å². The number of amides is 1. The molecule has 0 radical (unpaired) electrons. The third kappa shape index (κ3) is 3.97. The van der Waals surface area contributed by atoms with Gasteiger partial charge < -0.3 is 19.1 Å². The summed E-state index contributed by atoms with van der Waals surface area (Å²) in [7, 11) is 0. The topological polar surface area (TPSA) is 50.6 Å². The first kappa shape index (κ1) is 17.2. The van der Waals surface area contributed by atoms with E-state index < -0.39 is 0 Å². The molecule has 3 heterocycles. The number of rotatable bonds is 4. The van der Waals surface area contributed by atoms with Crippen LogP contribution >= 0.6 is 0 Å². The summed E-state index contributed by atoms with van der Waals surface area (Å²) in [6.07, 6.45) is 7.61. The van der Waals surface area contributed by atoms with Gasteiger partial charge in [-0.05, 0) is 49.6 Å². The minimum absolute atomic E-state index is 0.133. The van der Waals surface area contributed by atoms with E-state index in [9.17, 15) is 4.79 Å². The zero-order valence-corrected chi connectivity index (χ0v) is 15.1. The number of carbonyl (C=O) groups is 1. The Morgan fingerprint density at radius 1 is 1.15 bits per heavy atom. The zero-order chi connectivity index (χ0) is 17.8. The Morgan fingerprint density at radius 2 is 2.04 bits per heavy atom. The second kappa shape index (κ2) is 8.01. The molecule has 6 nitrogen and oxygen atoms in total. The normalized spacial score (nSPS) is 21.7. The molecule has 0 aliphatic carbocycles. The lowest BCUT2D eigenvalue weighted by Crippen LogP contribution is -2.36. The van der Waals surface area contributed by atoms with Gasteiger partial charge in [-0.2, -0.15) is 0 Å². The van der Waals surface area contributed by atoms with E-state index in [-0.39, 0.29) is 5.91 Å². The summed E-state index contributed by atoms with van der Waals surface area (Å²) in [6.45, 7) is 6.55. The number of hydrogen-bond acceptors (Lipinski definition) is 4. The van der Waals surface area contributed by atoms with Crippen LogP contribution in [0.3, 0.4) is 0 Å². The van der Waals surface area contributed by atoms with Crippen LogP contribution in [0.1, 0.15) is 23.2 Å². The number of aromatic nitrogens is 2. The van der Waals surface area contributed by atoms with Crippen LogP contribution in [0.15, 0.2) is 43.0 Å². The maximum atomic E-state index is 12.9. The van der Waals surface area contributed by atoms with Crippen LogP contribution in [0.25, 0.3) is 5.69 Å². The first-order valence-electron chi connectivity index (χ1n) is 9.47. The standard InChI is InChI=1S/C20H26N4O2/c25-20(18-2-4-19(5-3-18)24-10-7-21-16-24)23-9-1-8-22(11-12-23)14-17-6-13-26-15-17/h2-5,7,10,16-17H,1,6,8-9,11-15H2. The lowest BCUT2D eigenvalue weighted by Gasteiger charge is -2.24. The maximum Gasteiger partial charge on any atom is 0.253 e. The molecule has 2 aliphatic rings. The summed E-state index contributed by atoms with van der Waals surface area (Å²) in [5.41, 5.74) is 1.77.